The molecule has 0 atom stereocenters. The summed E-state index contributed by atoms with van der Waals surface area (Å²) in [6, 6.07) is 11.2. The van der Waals surface area contributed by atoms with Crippen molar-refractivity contribution in [2.45, 2.75) is 0 Å². The number of rotatable bonds is 3. The van der Waals surface area contributed by atoms with Gasteiger partial charge in [-0.1, -0.05) is 22.0 Å². The number of aromatic nitrogens is 2. The van der Waals surface area contributed by atoms with Crippen molar-refractivity contribution in [2.24, 2.45) is 0 Å². The molecule has 1 aromatic carbocycles. The molecule has 1 amide bonds. The summed E-state index contributed by atoms with van der Waals surface area (Å²) in [4.78, 5) is 20.6. The van der Waals surface area contributed by atoms with E-state index in [4.69, 9.17) is 0 Å². The molecule has 0 radical (unpaired) electrons. The number of hydrogen-bond acceptors (Lipinski definition) is 4. The number of carbonyl (C=O) groups is 1. The molecule has 0 spiro atoms. The van der Waals surface area contributed by atoms with Gasteiger partial charge in [-0.15, -0.1) is 11.3 Å². The molecule has 0 saturated carbocycles. The van der Waals surface area contributed by atoms with Gasteiger partial charge in [-0.25, -0.2) is 4.98 Å². The summed E-state index contributed by atoms with van der Waals surface area (Å²) in [7, 11) is 0. The average Bonchev–Trinajstić information content (AvgIpc) is 2.98. The number of thiazole rings is 1. The lowest BCUT2D eigenvalue weighted by molar-refractivity contribution is 0.102. The molecule has 2 heterocycles. The van der Waals surface area contributed by atoms with Gasteiger partial charge in [0.25, 0.3) is 5.91 Å². The predicted octanol–water partition coefficient (Wildman–Crippen LogP) is 4.22. The molecule has 3 aromatic rings. The zero-order valence-corrected chi connectivity index (χ0v) is 13.2. The van der Waals surface area contributed by atoms with Crippen molar-refractivity contribution in [3.05, 3.63) is 64.3 Å². The van der Waals surface area contributed by atoms with E-state index in [-0.39, 0.29) is 5.91 Å². The number of halogens is 1. The molecule has 3 rings (SSSR count). The van der Waals surface area contributed by atoms with Crippen molar-refractivity contribution >= 4 is 38.9 Å². The van der Waals surface area contributed by atoms with Crippen molar-refractivity contribution in [3.63, 3.8) is 0 Å². The summed E-state index contributed by atoms with van der Waals surface area (Å²) in [6.07, 6.45) is 3.44. The smallest absolute Gasteiger partial charge is 0.275 e. The van der Waals surface area contributed by atoms with Crippen molar-refractivity contribution in [2.75, 3.05) is 5.32 Å². The van der Waals surface area contributed by atoms with Gasteiger partial charge in [-0.05, 0) is 30.3 Å². The third-order valence-electron chi connectivity index (χ3n) is 2.73. The third kappa shape index (κ3) is 3.34. The van der Waals surface area contributed by atoms with Crippen LogP contribution in [0.25, 0.3) is 10.6 Å². The molecular formula is C15H10BrN3OS. The van der Waals surface area contributed by atoms with E-state index in [1.165, 1.54) is 11.3 Å². The minimum atomic E-state index is -0.223. The monoisotopic (exact) mass is 359 g/mol. The van der Waals surface area contributed by atoms with Gasteiger partial charge < -0.3 is 5.32 Å². The van der Waals surface area contributed by atoms with Gasteiger partial charge in [-0.2, -0.15) is 0 Å². The Morgan fingerprint density at radius 2 is 2.14 bits per heavy atom. The second-order valence-corrected chi connectivity index (χ2v) is 6.02. The van der Waals surface area contributed by atoms with Crippen LogP contribution in [0, 0.1) is 0 Å². The highest BCUT2D eigenvalue weighted by atomic mass is 79.9. The second kappa shape index (κ2) is 6.15. The number of anilines is 1. The summed E-state index contributed by atoms with van der Waals surface area (Å²) >= 11 is 4.79. The summed E-state index contributed by atoms with van der Waals surface area (Å²) in [5.41, 5.74) is 2.04. The van der Waals surface area contributed by atoms with Crippen LogP contribution >= 0.6 is 27.3 Å². The Bertz CT molecular complexity index is 773. The largest absolute Gasteiger partial charge is 0.321 e. The third-order valence-corrected chi connectivity index (χ3v) is 4.11. The lowest BCUT2D eigenvalue weighted by Crippen LogP contribution is -2.12. The molecule has 0 fully saturated rings. The number of hydrogen-bond donors (Lipinski definition) is 1. The fourth-order valence-corrected chi connectivity index (χ4v) is 2.95. The maximum atomic E-state index is 12.2. The van der Waals surface area contributed by atoms with E-state index in [1.807, 2.05) is 36.4 Å². The first-order valence-corrected chi connectivity index (χ1v) is 7.82. The van der Waals surface area contributed by atoms with Gasteiger partial charge in [-0.3, -0.25) is 9.78 Å². The van der Waals surface area contributed by atoms with Crippen molar-refractivity contribution in [1.29, 1.82) is 0 Å². The van der Waals surface area contributed by atoms with E-state index in [2.05, 4.69) is 31.2 Å². The Morgan fingerprint density at radius 3 is 2.90 bits per heavy atom. The molecule has 0 aliphatic rings. The van der Waals surface area contributed by atoms with Gasteiger partial charge in [0.05, 0.1) is 0 Å². The Hall–Kier alpha value is -2.05. The first-order valence-electron chi connectivity index (χ1n) is 6.15. The predicted molar refractivity (Wildman–Crippen MR) is 87.4 cm³/mol. The van der Waals surface area contributed by atoms with Crippen LogP contribution in [0.3, 0.4) is 0 Å². The van der Waals surface area contributed by atoms with Crippen LogP contribution < -0.4 is 5.32 Å². The van der Waals surface area contributed by atoms with Gasteiger partial charge in [0.1, 0.15) is 10.7 Å². The second-order valence-electron chi connectivity index (χ2n) is 4.24. The van der Waals surface area contributed by atoms with Crippen molar-refractivity contribution < 1.29 is 4.79 Å². The molecule has 1 N–H and O–H groups in total. The van der Waals surface area contributed by atoms with Crippen molar-refractivity contribution in [3.8, 4) is 10.6 Å². The summed E-state index contributed by atoms with van der Waals surface area (Å²) in [6.45, 7) is 0. The van der Waals surface area contributed by atoms with Crippen LogP contribution in [-0.2, 0) is 0 Å². The number of amides is 1. The first kappa shape index (κ1) is 13.9. The highest BCUT2D eigenvalue weighted by Crippen LogP contribution is 2.23. The number of pyridine rings is 1. The van der Waals surface area contributed by atoms with Crippen LogP contribution in [0.4, 0.5) is 5.69 Å². The Morgan fingerprint density at radius 1 is 1.24 bits per heavy atom. The topological polar surface area (TPSA) is 54.9 Å². The van der Waals surface area contributed by atoms with E-state index in [9.17, 15) is 4.79 Å². The van der Waals surface area contributed by atoms with E-state index in [1.54, 1.807) is 17.8 Å². The zero-order chi connectivity index (χ0) is 14.7. The van der Waals surface area contributed by atoms with Gasteiger partial charge in [0.15, 0.2) is 0 Å². The molecule has 0 unspecified atom stereocenters. The molecule has 0 bridgehead atoms. The number of nitrogens with one attached hydrogen (secondary N) is 1. The highest BCUT2D eigenvalue weighted by molar-refractivity contribution is 9.10. The van der Waals surface area contributed by atoms with Gasteiger partial charge in [0, 0.05) is 33.5 Å². The zero-order valence-electron chi connectivity index (χ0n) is 10.8. The molecule has 21 heavy (non-hydrogen) atoms. The lowest BCUT2D eigenvalue weighted by Gasteiger charge is -2.03. The number of carbonyl (C=O) groups excluding carboxylic acids is 1. The fourth-order valence-electron chi connectivity index (χ4n) is 1.76. The van der Waals surface area contributed by atoms with Crippen LogP contribution in [-0.4, -0.2) is 15.9 Å². The minimum absolute atomic E-state index is 0.223. The van der Waals surface area contributed by atoms with E-state index >= 15 is 0 Å². The quantitative estimate of drug-likeness (QED) is 0.761. The molecule has 6 heteroatoms. The van der Waals surface area contributed by atoms with E-state index < -0.39 is 0 Å². The maximum Gasteiger partial charge on any atom is 0.275 e. The molecule has 4 nitrogen and oxygen atoms in total. The maximum absolute atomic E-state index is 12.2. The van der Waals surface area contributed by atoms with E-state index in [0.29, 0.717) is 5.69 Å². The number of nitrogens with zero attached hydrogens (tertiary/aromatic N) is 2. The molecule has 0 aliphatic carbocycles. The van der Waals surface area contributed by atoms with Gasteiger partial charge in [0.2, 0.25) is 0 Å². The molecular weight excluding hydrogens is 350 g/mol. The molecule has 104 valence electrons. The molecule has 0 saturated heterocycles. The average molecular weight is 360 g/mol. The van der Waals surface area contributed by atoms with Crippen molar-refractivity contribution in [1.82, 2.24) is 9.97 Å². The summed E-state index contributed by atoms with van der Waals surface area (Å²) < 4.78 is 0.912. The Kier molecular flexibility index (Phi) is 4.08. The normalized spacial score (nSPS) is 10.3. The van der Waals surface area contributed by atoms with Crippen LogP contribution in [0.5, 0.6) is 0 Å². The minimum Gasteiger partial charge on any atom is -0.321 e. The standard InChI is InChI=1S/C15H10BrN3OS/c16-11-4-1-5-12(7-11)18-14(20)13-9-21-15(19-13)10-3-2-6-17-8-10/h1-9H,(H,18,20). The van der Waals surface area contributed by atoms with Crippen LogP contribution in [0.2, 0.25) is 0 Å². The first-order chi connectivity index (χ1) is 10.2. The van der Waals surface area contributed by atoms with E-state index in [0.717, 1.165) is 20.7 Å². The fraction of sp³-hybridized carbons (Fsp3) is 0. The van der Waals surface area contributed by atoms with Gasteiger partial charge >= 0.3 is 0 Å². The Labute approximate surface area is 134 Å². The highest BCUT2D eigenvalue weighted by Gasteiger charge is 2.12. The summed E-state index contributed by atoms with van der Waals surface area (Å²) in [5, 5.41) is 5.35. The molecule has 2 aromatic heterocycles. The summed E-state index contributed by atoms with van der Waals surface area (Å²) in [5.74, 6) is -0.223. The SMILES string of the molecule is O=C(Nc1cccc(Br)c1)c1csc(-c2cccnc2)n1. The Balaban J connectivity index is 1.78. The number of benzene rings is 1. The van der Waals surface area contributed by atoms with Crippen LogP contribution in [0.15, 0.2) is 58.6 Å². The lowest BCUT2D eigenvalue weighted by atomic mass is 10.3. The van der Waals surface area contributed by atoms with Crippen LogP contribution in [0.1, 0.15) is 10.5 Å². The molecule has 0 aliphatic heterocycles.